The Bertz CT molecular complexity index is 1150. The second-order valence-electron chi connectivity index (χ2n) is 8.33. The molecule has 0 aliphatic heterocycles. The molecule has 0 aromatic heterocycles. The molecular weight excluding hydrogens is 426 g/mol. The maximum absolute atomic E-state index is 11.2. The molecule has 0 unspecified atom stereocenters. The number of benzene rings is 2. The van der Waals surface area contributed by atoms with Gasteiger partial charge in [0.1, 0.15) is 5.75 Å². The van der Waals surface area contributed by atoms with Crippen molar-refractivity contribution in [3.8, 4) is 17.9 Å². The Hall–Kier alpha value is -4.16. The molecular formula is C28H27N3O3. The molecule has 6 nitrogen and oxygen atoms in total. The number of non-ortho nitro benzene ring substituents is 1. The zero-order valence-corrected chi connectivity index (χ0v) is 19.2. The Balaban J connectivity index is 2.08. The molecule has 0 spiro atoms. The zero-order chi connectivity index (χ0) is 24.6. The van der Waals surface area contributed by atoms with Gasteiger partial charge in [-0.15, -0.1) is 6.58 Å². The van der Waals surface area contributed by atoms with Gasteiger partial charge in [-0.05, 0) is 54.0 Å². The third-order valence-corrected chi connectivity index (χ3v) is 6.34. The van der Waals surface area contributed by atoms with Crippen molar-refractivity contribution in [2.45, 2.75) is 31.6 Å². The Morgan fingerprint density at radius 1 is 1.21 bits per heavy atom. The van der Waals surface area contributed by atoms with E-state index in [4.69, 9.17) is 4.74 Å². The quantitative estimate of drug-likeness (QED) is 0.238. The minimum atomic E-state index is -1.28. The largest absolute Gasteiger partial charge is 0.497 e. The Morgan fingerprint density at radius 2 is 1.88 bits per heavy atom. The molecule has 1 aliphatic carbocycles. The van der Waals surface area contributed by atoms with Gasteiger partial charge in [0.2, 0.25) is 0 Å². The number of hydrogen-bond donors (Lipinski definition) is 0. The minimum Gasteiger partial charge on any atom is -0.497 e. The first-order valence-corrected chi connectivity index (χ1v) is 11.2. The van der Waals surface area contributed by atoms with E-state index in [-0.39, 0.29) is 23.9 Å². The van der Waals surface area contributed by atoms with Gasteiger partial charge in [0.05, 0.1) is 24.2 Å². The molecule has 0 bridgehead atoms. The van der Waals surface area contributed by atoms with E-state index in [2.05, 4.69) is 24.8 Å². The molecule has 2 atom stereocenters. The van der Waals surface area contributed by atoms with E-state index < -0.39 is 10.3 Å². The number of allylic oxidation sites excluding steroid dienone is 4. The smallest absolute Gasteiger partial charge is 0.269 e. The third kappa shape index (κ3) is 5.24. The number of nitro groups is 1. The number of hydrogen-bond acceptors (Lipinski definition) is 5. The summed E-state index contributed by atoms with van der Waals surface area (Å²) in [6.07, 6.45) is 10.5. The molecule has 0 amide bonds. The molecule has 34 heavy (non-hydrogen) atoms. The SMILES string of the molecule is C=CCC(C#N)(C#N)C1=CCCC[C@H]1[C@@H](/C=C/c1ccc(OC)cc1)c1ccc([N+](=O)[O-])cc1. The second kappa shape index (κ2) is 11.1. The topological polar surface area (TPSA) is 100.0 Å². The lowest BCUT2D eigenvalue weighted by molar-refractivity contribution is -0.384. The maximum atomic E-state index is 11.2. The fourth-order valence-corrected chi connectivity index (χ4v) is 4.57. The van der Waals surface area contributed by atoms with Crippen molar-refractivity contribution in [2.75, 3.05) is 7.11 Å². The van der Waals surface area contributed by atoms with Crippen molar-refractivity contribution in [2.24, 2.45) is 11.3 Å². The van der Waals surface area contributed by atoms with E-state index >= 15 is 0 Å². The highest BCUT2D eigenvalue weighted by Gasteiger charge is 2.41. The molecule has 0 saturated heterocycles. The molecule has 2 aromatic rings. The van der Waals surface area contributed by atoms with E-state index in [1.165, 1.54) is 12.1 Å². The summed E-state index contributed by atoms with van der Waals surface area (Å²) in [5.74, 6) is 0.503. The van der Waals surface area contributed by atoms with Crippen LogP contribution >= 0.6 is 0 Å². The summed E-state index contributed by atoms with van der Waals surface area (Å²) in [7, 11) is 1.62. The first kappa shape index (κ1) is 24.5. The van der Waals surface area contributed by atoms with E-state index in [0.29, 0.717) is 0 Å². The highest BCUT2D eigenvalue weighted by molar-refractivity contribution is 5.53. The standard InChI is InChI=1S/C28H27N3O3/c1-3-18-28(19-29,20-30)27-7-5-4-6-26(27)25(22-11-13-23(14-12-22)31(32)33)17-10-21-8-15-24(34-2)16-9-21/h3,7-17,25-26H,1,4-6,18H2,2H3/b17-10+/t25-,26-/m0/s1. The summed E-state index contributed by atoms with van der Waals surface area (Å²) in [6, 6.07) is 18.7. The molecule has 0 radical (unpaired) electrons. The maximum Gasteiger partial charge on any atom is 0.269 e. The van der Waals surface area contributed by atoms with Crippen LogP contribution in [0.1, 0.15) is 42.7 Å². The van der Waals surface area contributed by atoms with Crippen LogP contribution in [-0.2, 0) is 0 Å². The Labute approximate surface area is 200 Å². The Kier molecular flexibility index (Phi) is 8.01. The molecule has 0 N–H and O–H groups in total. The average Bonchev–Trinajstić information content (AvgIpc) is 2.88. The second-order valence-corrected chi connectivity index (χ2v) is 8.33. The van der Waals surface area contributed by atoms with Crippen LogP contribution in [0.15, 0.2) is 78.9 Å². The van der Waals surface area contributed by atoms with Gasteiger partial charge in [0.25, 0.3) is 5.69 Å². The van der Waals surface area contributed by atoms with Gasteiger partial charge in [-0.2, -0.15) is 10.5 Å². The summed E-state index contributed by atoms with van der Waals surface area (Å²) in [5.41, 5.74) is 1.44. The minimum absolute atomic E-state index is 0.0242. The van der Waals surface area contributed by atoms with Crippen molar-refractivity contribution in [3.05, 3.63) is 100 Å². The molecule has 0 fully saturated rings. The van der Waals surface area contributed by atoms with Crippen molar-refractivity contribution in [1.82, 2.24) is 0 Å². The van der Waals surface area contributed by atoms with Gasteiger partial charge in [-0.3, -0.25) is 10.1 Å². The van der Waals surface area contributed by atoms with Gasteiger partial charge in [0, 0.05) is 24.5 Å². The van der Waals surface area contributed by atoms with Crippen molar-refractivity contribution in [3.63, 3.8) is 0 Å². The number of ether oxygens (including phenoxy) is 1. The van der Waals surface area contributed by atoms with Crippen LogP contribution in [0.4, 0.5) is 5.69 Å². The lowest BCUT2D eigenvalue weighted by Gasteiger charge is -2.36. The van der Waals surface area contributed by atoms with Gasteiger partial charge in [-0.25, -0.2) is 0 Å². The van der Waals surface area contributed by atoms with Gasteiger partial charge < -0.3 is 4.74 Å². The number of rotatable bonds is 9. The molecule has 6 heteroatoms. The predicted molar refractivity (Wildman–Crippen MR) is 132 cm³/mol. The van der Waals surface area contributed by atoms with Gasteiger partial charge >= 0.3 is 0 Å². The first-order chi connectivity index (χ1) is 16.5. The number of nitriles is 2. The zero-order valence-electron chi connectivity index (χ0n) is 19.2. The monoisotopic (exact) mass is 453 g/mol. The average molecular weight is 454 g/mol. The highest BCUT2D eigenvalue weighted by atomic mass is 16.6. The predicted octanol–water partition coefficient (Wildman–Crippen LogP) is 6.74. The first-order valence-electron chi connectivity index (χ1n) is 11.2. The van der Waals surface area contributed by atoms with Crippen LogP contribution < -0.4 is 4.74 Å². The van der Waals surface area contributed by atoms with Crippen LogP contribution in [0.2, 0.25) is 0 Å². The van der Waals surface area contributed by atoms with Crippen LogP contribution in [0.25, 0.3) is 6.08 Å². The molecule has 3 rings (SSSR count). The van der Waals surface area contributed by atoms with Crippen LogP contribution in [0, 0.1) is 44.1 Å². The lowest BCUT2D eigenvalue weighted by Crippen LogP contribution is -2.29. The molecule has 0 saturated carbocycles. The molecule has 172 valence electrons. The third-order valence-electron chi connectivity index (χ3n) is 6.34. The van der Waals surface area contributed by atoms with Gasteiger partial charge in [-0.1, -0.05) is 48.6 Å². The van der Waals surface area contributed by atoms with E-state index in [9.17, 15) is 20.6 Å². The number of methoxy groups -OCH3 is 1. The molecule has 0 heterocycles. The number of nitro benzene ring substituents is 1. The fourth-order valence-electron chi connectivity index (χ4n) is 4.57. The van der Waals surface area contributed by atoms with Crippen molar-refractivity contribution >= 4 is 11.8 Å². The van der Waals surface area contributed by atoms with Crippen LogP contribution in [-0.4, -0.2) is 12.0 Å². The van der Waals surface area contributed by atoms with E-state index in [1.54, 1.807) is 25.3 Å². The normalized spacial score (nSPS) is 16.7. The van der Waals surface area contributed by atoms with E-state index in [1.807, 2.05) is 36.4 Å². The lowest BCUT2D eigenvalue weighted by atomic mass is 9.65. The van der Waals surface area contributed by atoms with E-state index in [0.717, 1.165) is 41.7 Å². The summed E-state index contributed by atoms with van der Waals surface area (Å²) >= 11 is 0. The Morgan fingerprint density at radius 3 is 2.44 bits per heavy atom. The highest BCUT2D eigenvalue weighted by Crippen LogP contribution is 2.47. The van der Waals surface area contributed by atoms with Crippen molar-refractivity contribution in [1.29, 1.82) is 10.5 Å². The molecule has 2 aromatic carbocycles. The molecule has 1 aliphatic rings. The summed E-state index contributed by atoms with van der Waals surface area (Å²) in [4.78, 5) is 10.8. The fraction of sp³-hybridized carbons (Fsp3) is 0.286. The summed E-state index contributed by atoms with van der Waals surface area (Å²) in [6.45, 7) is 3.76. The summed E-state index contributed by atoms with van der Waals surface area (Å²) in [5, 5.41) is 31.2. The van der Waals surface area contributed by atoms with Crippen LogP contribution in [0.3, 0.4) is 0 Å². The number of nitrogens with zero attached hydrogens (tertiary/aromatic N) is 3. The van der Waals surface area contributed by atoms with Crippen LogP contribution in [0.5, 0.6) is 5.75 Å². The van der Waals surface area contributed by atoms with Gasteiger partial charge in [0.15, 0.2) is 5.41 Å². The van der Waals surface area contributed by atoms with Crippen molar-refractivity contribution < 1.29 is 9.66 Å². The summed E-state index contributed by atoms with van der Waals surface area (Å²) < 4.78 is 5.23.